The number of benzene rings is 1. The second-order valence-electron chi connectivity index (χ2n) is 6.93. The highest BCUT2D eigenvalue weighted by Crippen LogP contribution is 2.42. The van der Waals surface area contributed by atoms with Crippen LogP contribution in [-0.2, 0) is 6.18 Å². The van der Waals surface area contributed by atoms with E-state index in [1.165, 1.54) is 6.07 Å². The van der Waals surface area contributed by atoms with Crippen molar-refractivity contribution in [1.29, 1.82) is 0 Å². The van der Waals surface area contributed by atoms with Crippen molar-refractivity contribution in [3.05, 3.63) is 35.5 Å². The lowest BCUT2D eigenvalue weighted by Gasteiger charge is -2.39. The molecule has 2 aliphatic heterocycles. The topological polar surface area (TPSA) is 36.4 Å². The number of aliphatic hydroxyl groups excluding tert-OH is 1. The van der Waals surface area contributed by atoms with Gasteiger partial charge in [-0.3, -0.25) is 4.98 Å². The number of nitrogens with zero attached hydrogens (tertiary/aromatic N) is 2. The summed E-state index contributed by atoms with van der Waals surface area (Å²) in [5.41, 5.74) is 1.37. The number of aromatic nitrogens is 1. The molecule has 0 saturated carbocycles. The number of aliphatic hydroxyl groups is 1. The van der Waals surface area contributed by atoms with Gasteiger partial charge in [0.2, 0.25) is 0 Å². The fourth-order valence-corrected chi connectivity index (χ4v) is 4.27. The molecule has 2 saturated heterocycles. The van der Waals surface area contributed by atoms with Crippen LogP contribution in [0.1, 0.15) is 36.9 Å². The van der Waals surface area contributed by atoms with E-state index in [9.17, 15) is 18.3 Å². The van der Waals surface area contributed by atoms with E-state index in [0.29, 0.717) is 11.2 Å². The molecule has 2 bridgehead atoms. The summed E-state index contributed by atoms with van der Waals surface area (Å²) >= 11 is 0. The van der Waals surface area contributed by atoms with Crippen molar-refractivity contribution in [3.8, 4) is 0 Å². The number of anilines is 1. The molecule has 128 valence electrons. The van der Waals surface area contributed by atoms with Crippen LogP contribution in [0.2, 0.25) is 0 Å². The smallest absolute Gasteiger partial charge is 0.393 e. The predicted molar refractivity (Wildman–Crippen MR) is 86.0 cm³/mol. The minimum atomic E-state index is -4.37. The van der Waals surface area contributed by atoms with Crippen LogP contribution in [0.25, 0.3) is 10.9 Å². The molecule has 1 aromatic heterocycles. The lowest BCUT2D eigenvalue weighted by molar-refractivity contribution is -0.137. The van der Waals surface area contributed by atoms with Gasteiger partial charge in [-0.15, -0.1) is 0 Å². The SMILES string of the molecule is Cc1cc(N2[C@@H]3CC[C@H]2CC(O)C3)c2ccc(C(F)(F)F)cc2n1. The third-order valence-electron chi connectivity index (χ3n) is 5.23. The Morgan fingerprint density at radius 1 is 1.12 bits per heavy atom. The van der Waals surface area contributed by atoms with E-state index in [1.807, 2.05) is 13.0 Å². The molecule has 3 nitrogen and oxygen atoms in total. The maximum atomic E-state index is 13.0. The van der Waals surface area contributed by atoms with E-state index in [4.69, 9.17) is 0 Å². The number of alkyl halides is 3. The molecule has 24 heavy (non-hydrogen) atoms. The Labute approximate surface area is 138 Å². The van der Waals surface area contributed by atoms with Gasteiger partial charge in [0, 0.05) is 28.9 Å². The highest BCUT2D eigenvalue weighted by atomic mass is 19.4. The van der Waals surface area contributed by atoms with E-state index < -0.39 is 11.7 Å². The van der Waals surface area contributed by atoms with E-state index in [-0.39, 0.29) is 18.2 Å². The molecule has 1 N–H and O–H groups in total. The Kier molecular flexibility index (Phi) is 3.49. The monoisotopic (exact) mass is 336 g/mol. The van der Waals surface area contributed by atoms with E-state index in [1.54, 1.807) is 0 Å². The van der Waals surface area contributed by atoms with Crippen LogP contribution in [0.15, 0.2) is 24.3 Å². The number of rotatable bonds is 1. The molecular weight excluding hydrogens is 317 g/mol. The van der Waals surface area contributed by atoms with Gasteiger partial charge in [0.05, 0.1) is 17.2 Å². The minimum absolute atomic E-state index is 0.256. The van der Waals surface area contributed by atoms with Crippen LogP contribution < -0.4 is 4.90 Å². The van der Waals surface area contributed by atoms with Crippen LogP contribution in [0.4, 0.5) is 18.9 Å². The lowest BCUT2D eigenvalue weighted by Crippen LogP contribution is -2.45. The summed E-state index contributed by atoms with van der Waals surface area (Å²) in [4.78, 5) is 6.62. The third-order valence-corrected chi connectivity index (χ3v) is 5.23. The maximum absolute atomic E-state index is 13.0. The first kappa shape index (κ1) is 15.7. The molecule has 3 heterocycles. The van der Waals surface area contributed by atoms with Crippen molar-refractivity contribution >= 4 is 16.6 Å². The van der Waals surface area contributed by atoms with Gasteiger partial charge in [0.25, 0.3) is 0 Å². The Morgan fingerprint density at radius 2 is 1.79 bits per heavy atom. The Bertz CT molecular complexity index is 776. The number of aryl methyl sites for hydroxylation is 1. The first-order chi connectivity index (χ1) is 11.3. The number of hydrogen-bond donors (Lipinski definition) is 1. The molecule has 2 fully saturated rings. The zero-order valence-electron chi connectivity index (χ0n) is 13.3. The molecule has 1 unspecified atom stereocenters. The Balaban J connectivity index is 1.84. The van der Waals surface area contributed by atoms with Crippen LogP contribution in [-0.4, -0.2) is 28.3 Å². The lowest BCUT2D eigenvalue weighted by atomic mass is 9.97. The van der Waals surface area contributed by atoms with Crippen molar-refractivity contribution in [2.45, 2.75) is 57.0 Å². The quantitative estimate of drug-likeness (QED) is 0.853. The number of pyridine rings is 1. The van der Waals surface area contributed by atoms with Crippen molar-refractivity contribution in [2.24, 2.45) is 0 Å². The predicted octanol–water partition coefficient (Wildman–Crippen LogP) is 4.05. The van der Waals surface area contributed by atoms with Gasteiger partial charge in [-0.25, -0.2) is 0 Å². The molecule has 6 heteroatoms. The molecular formula is C18H19F3N2O. The number of hydrogen-bond acceptors (Lipinski definition) is 3. The first-order valence-electron chi connectivity index (χ1n) is 8.28. The van der Waals surface area contributed by atoms with Crippen LogP contribution in [0.5, 0.6) is 0 Å². The summed E-state index contributed by atoms with van der Waals surface area (Å²) in [6, 6.07) is 6.26. The number of piperidine rings is 1. The summed E-state index contributed by atoms with van der Waals surface area (Å²) < 4.78 is 38.9. The second kappa shape index (κ2) is 5.34. The molecule has 2 aliphatic rings. The van der Waals surface area contributed by atoms with Gasteiger partial charge in [0.1, 0.15) is 0 Å². The highest BCUT2D eigenvalue weighted by molar-refractivity contribution is 5.93. The normalized spacial score (nSPS) is 27.0. The van der Waals surface area contributed by atoms with Gasteiger partial charge < -0.3 is 10.0 Å². The molecule has 3 atom stereocenters. The van der Waals surface area contributed by atoms with E-state index in [0.717, 1.165) is 48.9 Å². The summed E-state index contributed by atoms with van der Waals surface area (Å²) in [6.07, 6.45) is -1.16. The minimum Gasteiger partial charge on any atom is -0.393 e. The molecule has 4 rings (SSSR count). The number of fused-ring (bicyclic) bond motifs is 3. The molecule has 0 amide bonds. The van der Waals surface area contributed by atoms with Crippen molar-refractivity contribution in [2.75, 3.05) is 4.90 Å². The fourth-order valence-electron chi connectivity index (χ4n) is 4.27. The largest absolute Gasteiger partial charge is 0.416 e. The van der Waals surface area contributed by atoms with E-state index in [2.05, 4.69) is 9.88 Å². The Morgan fingerprint density at radius 3 is 2.42 bits per heavy atom. The van der Waals surface area contributed by atoms with Gasteiger partial charge in [-0.1, -0.05) is 6.07 Å². The van der Waals surface area contributed by atoms with Gasteiger partial charge >= 0.3 is 6.18 Å². The average Bonchev–Trinajstić information content (AvgIpc) is 2.76. The molecule has 1 aromatic carbocycles. The molecule has 0 spiro atoms. The van der Waals surface area contributed by atoms with Gasteiger partial charge in [-0.2, -0.15) is 13.2 Å². The van der Waals surface area contributed by atoms with Gasteiger partial charge in [-0.05, 0) is 50.8 Å². The zero-order chi connectivity index (χ0) is 17.1. The van der Waals surface area contributed by atoms with E-state index >= 15 is 0 Å². The summed E-state index contributed by atoms with van der Waals surface area (Å²) in [6.45, 7) is 1.81. The standard InChI is InChI=1S/C18H19F3N2O/c1-10-6-17(23-12-3-4-13(23)9-14(24)8-12)15-5-2-11(18(19,20)21)7-16(15)22-10/h2,5-7,12-14,24H,3-4,8-9H2,1H3/t12-,13+,14?. The number of halogens is 3. The highest BCUT2D eigenvalue weighted by Gasteiger charge is 2.41. The maximum Gasteiger partial charge on any atom is 0.416 e. The summed E-state index contributed by atoms with van der Waals surface area (Å²) in [7, 11) is 0. The fraction of sp³-hybridized carbons (Fsp3) is 0.500. The van der Waals surface area contributed by atoms with Crippen LogP contribution in [0.3, 0.4) is 0 Å². The van der Waals surface area contributed by atoms with Gasteiger partial charge in [0.15, 0.2) is 0 Å². The van der Waals surface area contributed by atoms with Crippen molar-refractivity contribution in [3.63, 3.8) is 0 Å². The Hall–Kier alpha value is -1.82. The summed E-state index contributed by atoms with van der Waals surface area (Å²) in [5.74, 6) is 0. The van der Waals surface area contributed by atoms with Crippen molar-refractivity contribution < 1.29 is 18.3 Å². The molecule has 2 aromatic rings. The first-order valence-corrected chi connectivity index (χ1v) is 8.28. The summed E-state index contributed by atoms with van der Waals surface area (Å²) in [5, 5.41) is 10.7. The average molecular weight is 336 g/mol. The second-order valence-corrected chi connectivity index (χ2v) is 6.93. The zero-order valence-corrected chi connectivity index (χ0v) is 13.3. The molecule has 0 aliphatic carbocycles. The third kappa shape index (κ3) is 2.53. The van der Waals surface area contributed by atoms with Crippen LogP contribution in [0, 0.1) is 6.92 Å². The van der Waals surface area contributed by atoms with Crippen LogP contribution >= 0.6 is 0 Å². The molecule has 0 radical (unpaired) electrons. The van der Waals surface area contributed by atoms with Crippen molar-refractivity contribution in [1.82, 2.24) is 4.98 Å².